The molecule has 0 aliphatic heterocycles. The summed E-state index contributed by atoms with van der Waals surface area (Å²) in [6.45, 7) is 2.16. The fraction of sp³-hybridized carbons (Fsp3) is 1.00. The van der Waals surface area contributed by atoms with Crippen LogP contribution in [0, 0.1) is 0 Å². The van der Waals surface area contributed by atoms with Crippen LogP contribution in [0.4, 0.5) is 0 Å². The second-order valence-corrected chi connectivity index (χ2v) is 6.58. The summed E-state index contributed by atoms with van der Waals surface area (Å²) < 4.78 is -0.491. The lowest BCUT2D eigenvalue weighted by Gasteiger charge is -2.21. The Balaban J connectivity index is 3.52. The Bertz CT molecular complexity index is 89.5. The van der Waals surface area contributed by atoms with Crippen molar-refractivity contribution in [2.45, 2.75) is 34.4 Å². The van der Waals surface area contributed by atoms with Gasteiger partial charge in [-0.05, 0) is 6.42 Å². The molecule has 0 saturated carbocycles. The smallest absolute Gasteiger partial charge is 0.111 e. The summed E-state index contributed by atoms with van der Waals surface area (Å²) in [5.74, 6) is 0. The highest BCUT2D eigenvalue weighted by Gasteiger charge is 2.24. The summed E-state index contributed by atoms with van der Waals surface area (Å²) in [6.07, 6.45) is 3.47. The van der Waals surface area contributed by atoms with E-state index >= 15 is 0 Å². The Labute approximate surface area is 87.9 Å². The Morgan fingerprint density at radius 3 is 2.20 bits per heavy atom. The molecule has 0 aliphatic rings. The molecule has 1 unspecified atom stereocenters. The molecule has 0 aliphatic carbocycles. The number of halogens is 1. The third-order valence-corrected chi connectivity index (χ3v) is 4.37. The molecular formula is C6H13BrS3. The van der Waals surface area contributed by atoms with Gasteiger partial charge in [-0.25, -0.2) is 0 Å². The van der Waals surface area contributed by atoms with Gasteiger partial charge in [0.15, 0.2) is 0 Å². The van der Waals surface area contributed by atoms with Crippen LogP contribution in [0.15, 0.2) is 0 Å². The van der Waals surface area contributed by atoms with Crippen molar-refractivity contribution in [3.05, 3.63) is 0 Å². The summed E-state index contributed by atoms with van der Waals surface area (Å²) in [6, 6.07) is 0. The molecule has 0 heterocycles. The van der Waals surface area contributed by atoms with Crippen LogP contribution in [0.25, 0.3) is 0 Å². The molecule has 1 atom stereocenters. The van der Waals surface area contributed by atoms with Gasteiger partial charge in [-0.2, -0.15) is 37.9 Å². The van der Waals surface area contributed by atoms with Crippen molar-refractivity contribution in [3.63, 3.8) is 0 Å². The minimum atomic E-state index is -0.491. The van der Waals surface area contributed by atoms with Crippen LogP contribution in [0.2, 0.25) is 0 Å². The molecule has 0 amide bonds. The first-order valence-electron chi connectivity index (χ1n) is 3.29. The van der Waals surface area contributed by atoms with Gasteiger partial charge in [-0.1, -0.05) is 35.7 Å². The summed E-state index contributed by atoms with van der Waals surface area (Å²) in [5, 5.41) is 0. The van der Waals surface area contributed by atoms with Crippen LogP contribution < -0.4 is 0 Å². The van der Waals surface area contributed by atoms with Crippen molar-refractivity contribution in [3.8, 4) is 0 Å². The van der Waals surface area contributed by atoms with Gasteiger partial charge >= 0.3 is 0 Å². The maximum Gasteiger partial charge on any atom is 0.111 e. The largest absolute Gasteiger partial charge is 0.150 e. The predicted octanol–water partition coefficient (Wildman–Crippen LogP) is 3.38. The van der Waals surface area contributed by atoms with Crippen molar-refractivity contribution in [1.82, 2.24) is 0 Å². The van der Waals surface area contributed by atoms with E-state index in [1.807, 2.05) is 0 Å². The second kappa shape index (κ2) is 5.22. The quantitative estimate of drug-likeness (QED) is 0.386. The molecule has 0 rings (SSSR count). The van der Waals surface area contributed by atoms with Gasteiger partial charge in [0.25, 0.3) is 0 Å². The van der Waals surface area contributed by atoms with E-state index in [0.717, 1.165) is 6.42 Å². The lowest BCUT2D eigenvalue weighted by molar-refractivity contribution is 0.708. The average Bonchev–Trinajstić information content (AvgIpc) is 1.80. The van der Waals surface area contributed by atoms with E-state index in [0.29, 0.717) is 0 Å². The van der Waals surface area contributed by atoms with Gasteiger partial charge in [0.05, 0.1) is 0 Å². The number of hydrogen-bond donors (Lipinski definition) is 3. The fourth-order valence-electron chi connectivity index (χ4n) is 0.577. The number of rotatable bonds is 4. The zero-order valence-electron chi connectivity index (χ0n) is 5.92. The first-order valence-corrected chi connectivity index (χ1v) is 5.55. The Hall–Kier alpha value is 1.53. The Kier molecular flexibility index (Phi) is 6.02. The van der Waals surface area contributed by atoms with E-state index in [4.69, 9.17) is 0 Å². The van der Waals surface area contributed by atoms with Crippen molar-refractivity contribution < 1.29 is 0 Å². The average molecular weight is 261 g/mol. The van der Waals surface area contributed by atoms with Crippen LogP contribution in [-0.4, -0.2) is 8.24 Å². The predicted molar refractivity (Wildman–Crippen MR) is 61.9 cm³/mol. The van der Waals surface area contributed by atoms with Gasteiger partial charge in [-0.15, -0.1) is 0 Å². The fourth-order valence-corrected chi connectivity index (χ4v) is 1.29. The third kappa shape index (κ3) is 5.22. The van der Waals surface area contributed by atoms with Gasteiger partial charge in [0.1, 0.15) is 3.41 Å². The number of alkyl halides is 1. The highest BCUT2D eigenvalue weighted by Crippen LogP contribution is 2.35. The monoisotopic (exact) mass is 260 g/mol. The van der Waals surface area contributed by atoms with Crippen molar-refractivity contribution in [2.24, 2.45) is 0 Å². The summed E-state index contributed by atoms with van der Waals surface area (Å²) >= 11 is 16.1. The standard InChI is InChI=1S/C6H13BrS3/c1-2-3-4-5(7)6(8,9)10/h5,8-10H,2-4H2,1H3. The van der Waals surface area contributed by atoms with Crippen molar-refractivity contribution >= 4 is 53.8 Å². The summed E-state index contributed by atoms with van der Waals surface area (Å²) in [7, 11) is 0. The van der Waals surface area contributed by atoms with E-state index in [-0.39, 0.29) is 4.83 Å². The van der Waals surface area contributed by atoms with Crippen LogP contribution in [0.3, 0.4) is 0 Å². The second-order valence-electron chi connectivity index (χ2n) is 2.30. The molecular weight excluding hydrogens is 248 g/mol. The lowest BCUT2D eigenvalue weighted by atomic mass is 10.2. The minimum absolute atomic E-state index is 0.273. The van der Waals surface area contributed by atoms with Crippen molar-refractivity contribution in [1.29, 1.82) is 0 Å². The minimum Gasteiger partial charge on any atom is -0.150 e. The van der Waals surface area contributed by atoms with E-state index in [2.05, 4.69) is 60.7 Å². The molecule has 10 heavy (non-hydrogen) atoms. The molecule has 0 aromatic heterocycles. The molecule has 0 N–H and O–H groups in total. The summed E-state index contributed by atoms with van der Waals surface area (Å²) in [5.41, 5.74) is 0. The molecule has 0 aromatic carbocycles. The Morgan fingerprint density at radius 2 is 1.90 bits per heavy atom. The maximum absolute atomic E-state index is 4.20. The molecule has 0 nitrogen and oxygen atoms in total. The topological polar surface area (TPSA) is 0 Å². The molecule has 0 saturated heterocycles. The van der Waals surface area contributed by atoms with Gasteiger partial charge in [0, 0.05) is 4.83 Å². The number of unbranched alkanes of at least 4 members (excludes halogenated alkanes) is 1. The van der Waals surface area contributed by atoms with Gasteiger partial charge < -0.3 is 0 Å². The van der Waals surface area contributed by atoms with E-state index in [1.165, 1.54) is 12.8 Å². The maximum atomic E-state index is 4.20. The SMILES string of the molecule is CCCCC(Br)C(S)(S)S. The molecule has 4 heteroatoms. The van der Waals surface area contributed by atoms with Gasteiger partial charge in [0.2, 0.25) is 0 Å². The van der Waals surface area contributed by atoms with Crippen molar-refractivity contribution in [2.75, 3.05) is 0 Å². The molecule has 0 radical (unpaired) electrons. The highest BCUT2D eigenvalue weighted by atomic mass is 79.9. The van der Waals surface area contributed by atoms with Gasteiger partial charge in [-0.3, -0.25) is 0 Å². The van der Waals surface area contributed by atoms with Crippen LogP contribution in [0.1, 0.15) is 26.2 Å². The zero-order chi connectivity index (χ0) is 8.20. The van der Waals surface area contributed by atoms with Crippen LogP contribution >= 0.6 is 53.8 Å². The molecule has 0 spiro atoms. The summed E-state index contributed by atoms with van der Waals surface area (Å²) in [4.78, 5) is 0.273. The third-order valence-electron chi connectivity index (χ3n) is 1.23. The van der Waals surface area contributed by atoms with E-state index < -0.39 is 3.41 Å². The number of hydrogen-bond acceptors (Lipinski definition) is 3. The van der Waals surface area contributed by atoms with Crippen LogP contribution in [-0.2, 0) is 0 Å². The first-order chi connectivity index (χ1) is 4.48. The first kappa shape index (κ1) is 11.5. The Morgan fingerprint density at radius 1 is 1.40 bits per heavy atom. The molecule has 0 bridgehead atoms. The molecule has 62 valence electrons. The normalized spacial score (nSPS) is 15.3. The van der Waals surface area contributed by atoms with Crippen LogP contribution in [0.5, 0.6) is 0 Å². The molecule has 0 aromatic rings. The molecule has 0 fully saturated rings. The zero-order valence-corrected chi connectivity index (χ0v) is 10.2. The van der Waals surface area contributed by atoms with E-state index in [9.17, 15) is 0 Å². The lowest BCUT2D eigenvalue weighted by Crippen LogP contribution is -2.18. The van der Waals surface area contributed by atoms with E-state index in [1.54, 1.807) is 0 Å². The highest BCUT2D eigenvalue weighted by molar-refractivity contribution is 9.09. The number of thiol groups is 3.